The molecule has 6 heteroatoms. The number of esters is 2. The van der Waals surface area contributed by atoms with E-state index >= 15 is 0 Å². The molecule has 0 bridgehead atoms. The quantitative estimate of drug-likeness (QED) is 0.366. The van der Waals surface area contributed by atoms with Crippen molar-refractivity contribution in [1.29, 1.82) is 0 Å². The molecule has 1 aliphatic heterocycles. The second-order valence-corrected chi connectivity index (χ2v) is 5.14. The Morgan fingerprint density at radius 1 is 1.22 bits per heavy atom. The number of ether oxygens (including phenoxy) is 4. The first-order valence-corrected chi connectivity index (χ1v) is 6.79. The van der Waals surface area contributed by atoms with Crippen LogP contribution in [0, 0.1) is 12.3 Å². The molecule has 1 aliphatic rings. The lowest BCUT2D eigenvalue weighted by molar-refractivity contribution is -0.222. The first kappa shape index (κ1) is 16.4. The van der Waals surface area contributed by atoms with Gasteiger partial charge in [0, 0.05) is 13.8 Å². The van der Waals surface area contributed by atoms with Crippen molar-refractivity contribution in [1.82, 2.24) is 0 Å². The second kappa shape index (κ2) is 6.44. The van der Waals surface area contributed by atoms with Gasteiger partial charge in [0.15, 0.2) is 11.5 Å². The zero-order valence-electron chi connectivity index (χ0n) is 13.0. The molecule has 1 aromatic carbocycles. The second-order valence-electron chi connectivity index (χ2n) is 5.14. The monoisotopic (exact) mass is 316 g/mol. The van der Waals surface area contributed by atoms with Crippen LogP contribution in [0.5, 0.6) is 11.5 Å². The van der Waals surface area contributed by atoms with Gasteiger partial charge < -0.3 is 18.9 Å². The van der Waals surface area contributed by atoms with Gasteiger partial charge >= 0.3 is 11.9 Å². The summed E-state index contributed by atoms with van der Waals surface area (Å²) >= 11 is 0. The molecule has 0 radical (unpaired) electrons. The van der Waals surface area contributed by atoms with Gasteiger partial charge in [-0.3, -0.25) is 0 Å². The van der Waals surface area contributed by atoms with E-state index in [4.69, 9.17) is 25.4 Å². The SMILES string of the molecule is C#CCOc1ccc(C=C2C(=O)OC(C)(C)OC2=O)cc1OC. The van der Waals surface area contributed by atoms with Crippen LogP contribution >= 0.6 is 0 Å². The predicted octanol–water partition coefficient (Wildman–Crippen LogP) is 1.93. The number of rotatable bonds is 4. The Morgan fingerprint density at radius 2 is 1.87 bits per heavy atom. The fourth-order valence-electron chi connectivity index (χ4n) is 1.96. The largest absolute Gasteiger partial charge is 0.493 e. The Morgan fingerprint density at radius 3 is 2.43 bits per heavy atom. The molecule has 6 nitrogen and oxygen atoms in total. The van der Waals surface area contributed by atoms with Crippen LogP contribution < -0.4 is 9.47 Å². The summed E-state index contributed by atoms with van der Waals surface area (Å²) in [5.74, 6) is 0.495. The molecule has 120 valence electrons. The summed E-state index contributed by atoms with van der Waals surface area (Å²) < 4.78 is 20.6. The summed E-state index contributed by atoms with van der Waals surface area (Å²) in [6, 6.07) is 4.90. The Bertz CT molecular complexity index is 686. The fraction of sp³-hybridized carbons (Fsp3) is 0.294. The van der Waals surface area contributed by atoms with Crippen molar-refractivity contribution >= 4 is 18.0 Å². The number of hydrogen-bond acceptors (Lipinski definition) is 6. The van der Waals surface area contributed by atoms with Gasteiger partial charge in [0.2, 0.25) is 0 Å². The summed E-state index contributed by atoms with van der Waals surface area (Å²) in [7, 11) is 1.47. The topological polar surface area (TPSA) is 71.1 Å². The average molecular weight is 316 g/mol. The maximum absolute atomic E-state index is 11.9. The first-order chi connectivity index (χ1) is 10.9. The number of hydrogen-bond donors (Lipinski definition) is 0. The van der Waals surface area contributed by atoms with Gasteiger partial charge in [-0.2, -0.15) is 0 Å². The molecule has 0 aliphatic carbocycles. The molecule has 1 saturated heterocycles. The van der Waals surface area contributed by atoms with Gasteiger partial charge in [0.05, 0.1) is 7.11 Å². The molecule has 0 saturated carbocycles. The van der Waals surface area contributed by atoms with Crippen LogP contribution in [0.4, 0.5) is 0 Å². The Labute approximate surface area is 134 Å². The molecule has 1 aromatic rings. The zero-order valence-corrected chi connectivity index (χ0v) is 13.0. The van der Waals surface area contributed by atoms with Gasteiger partial charge in [-0.25, -0.2) is 9.59 Å². The molecule has 23 heavy (non-hydrogen) atoms. The summed E-state index contributed by atoms with van der Waals surface area (Å²) in [4.78, 5) is 23.8. The molecule has 2 rings (SSSR count). The third-order valence-corrected chi connectivity index (χ3v) is 2.93. The third kappa shape index (κ3) is 3.83. The highest BCUT2D eigenvalue weighted by Gasteiger charge is 2.38. The minimum atomic E-state index is -1.27. The van der Waals surface area contributed by atoms with Gasteiger partial charge in [-0.05, 0) is 23.8 Å². The summed E-state index contributed by atoms with van der Waals surface area (Å²) in [6.45, 7) is 3.07. The van der Waals surface area contributed by atoms with Crippen LogP contribution in [0.3, 0.4) is 0 Å². The lowest BCUT2D eigenvalue weighted by atomic mass is 10.1. The van der Waals surface area contributed by atoms with E-state index in [1.54, 1.807) is 18.2 Å². The standard InChI is InChI=1S/C17H16O6/c1-5-8-21-13-7-6-11(10-14(13)20-4)9-12-15(18)22-17(2,3)23-16(12)19/h1,6-7,9-10H,8H2,2-4H3. The van der Waals surface area contributed by atoms with E-state index in [0.29, 0.717) is 17.1 Å². The zero-order chi connectivity index (χ0) is 17.0. The molecule has 0 N–H and O–H groups in total. The highest BCUT2D eigenvalue weighted by molar-refractivity contribution is 6.18. The lowest BCUT2D eigenvalue weighted by Gasteiger charge is -2.29. The maximum atomic E-state index is 11.9. The summed E-state index contributed by atoms with van der Waals surface area (Å²) in [5, 5.41) is 0. The van der Waals surface area contributed by atoms with E-state index in [1.807, 2.05) is 0 Å². The third-order valence-electron chi connectivity index (χ3n) is 2.93. The number of benzene rings is 1. The van der Waals surface area contributed by atoms with Crippen molar-refractivity contribution in [3.8, 4) is 23.8 Å². The van der Waals surface area contributed by atoms with Crippen molar-refractivity contribution in [2.45, 2.75) is 19.6 Å². The van der Waals surface area contributed by atoms with Crippen molar-refractivity contribution < 1.29 is 28.5 Å². The Kier molecular flexibility index (Phi) is 4.60. The van der Waals surface area contributed by atoms with Gasteiger partial charge in [-0.15, -0.1) is 6.42 Å². The molecule has 0 spiro atoms. The minimum absolute atomic E-state index is 0.102. The van der Waals surface area contributed by atoms with E-state index in [0.717, 1.165) is 0 Å². The molecule has 0 atom stereocenters. The Hall–Kier alpha value is -2.94. The number of terminal acetylenes is 1. The average Bonchev–Trinajstić information content (AvgIpc) is 2.48. The molecule has 1 fully saturated rings. The van der Waals surface area contributed by atoms with Crippen molar-refractivity contribution in [2.24, 2.45) is 0 Å². The van der Waals surface area contributed by atoms with Crippen molar-refractivity contribution in [3.63, 3.8) is 0 Å². The van der Waals surface area contributed by atoms with Gasteiger partial charge in [0.1, 0.15) is 12.2 Å². The van der Waals surface area contributed by atoms with Gasteiger partial charge in [0.25, 0.3) is 5.79 Å². The normalized spacial score (nSPS) is 16.0. The van der Waals surface area contributed by atoms with Gasteiger partial charge in [-0.1, -0.05) is 12.0 Å². The van der Waals surface area contributed by atoms with E-state index in [9.17, 15) is 9.59 Å². The Balaban J connectivity index is 2.30. The summed E-state index contributed by atoms with van der Waals surface area (Å²) in [5.41, 5.74) is 0.363. The smallest absolute Gasteiger partial charge is 0.348 e. The van der Waals surface area contributed by atoms with Crippen LogP contribution in [-0.4, -0.2) is 31.4 Å². The number of carbonyl (C=O) groups is 2. The van der Waals surface area contributed by atoms with E-state index in [-0.39, 0.29) is 12.2 Å². The van der Waals surface area contributed by atoms with Crippen LogP contribution in [0.15, 0.2) is 23.8 Å². The minimum Gasteiger partial charge on any atom is -0.493 e. The lowest BCUT2D eigenvalue weighted by Crippen LogP contribution is -2.41. The molecule has 1 heterocycles. The predicted molar refractivity (Wildman–Crippen MR) is 81.6 cm³/mol. The maximum Gasteiger partial charge on any atom is 0.348 e. The fourth-order valence-corrected chi connectivity index (χ4v) is 1.96. The highest BCUT2D eigenvalue weighted by Crippen LogP contribution is 2.30. The van der Waals surface area contributed by atoms with Crippen LogP contribution in [-0.2, 0) is 19.1 Å². The highest BCUT2D eigenvalue weighted by atomic mass is 16.7. The molecule has 0 amide bonds. The molecular weight excluding hydrogens is 300 g/mol. The first-order valence-electron chi connectivity index (χ1n) is 6.79. The van der Waals surface area contributed by atoms with E-state index in [1.165, 1.54) is 27.0 Å². The van der Waals surface area contributed by atoms with Crippen molar-refractivity contribution in [2.75, 3.05) is 13.7 Å². The van der Waals surface area contributed by atoms with Crippen molar-refractivity contribution in [3.05, 3.63) is 29.3 Å². The van der Waals surface area contributed by atoms with E-state index in [2.05, 4.69) is 5.92 Å². The van der Waals surface area contributed by atoms with Crippen LogP contribution in [0.2, 0.25) is 0 Å². The van der Waals surface area contributed by atoms with Crippen LogP contribution in [0.1, 0.15) is 19.4 Å². The molecular formula is C17H16O6. The molecule has 0 aromatic heterocycles. The molecule has 0 unspecified atom stereocenters. The number of carbonyl (C=O) groups excluding carboxylic acids is 2. The van der Waals surface area contributed by atoms with E-state index < -0.39 is 17.7 Å². The van der Waals surface area contributed by atoms with Crippen LogP contribution in [0.25, 0.3) is 6.08 Å². The number of cyclic esters (lactones) is 2. The summed E-state index contributed by atoms with van der Waals surface area (Å²) in [6.07, 6.45) is 6.51. The number of methoxy groups -OCH3 is 1.